The maximum atomic E-state index is 13.4. The normalized spacial score (nSPS) is 17.2. The van der Waals surface area contributed by atoms with Crippen LogP contribution in [0.15, 0.2) is 84.9 Å². The number of carbonyl (C=O) groups is 2. The molecule has 6 nitrogen and oxygen atoms in total. The van der Waals surface area contributed by atoms with Crippen molar-refractivity contribution in [2.24, 2.45) is 0 Å². The third kappa shape index (κ3) is 7.76. The van der Waals surface area contributed by atoms with E-state index in [2.05, 4.69) is 27.7 Å². The summed E-state index contributed by atoms with van der Waals surface area (Å²) in [5, 5.41) is 17.7. The molecular weight excluding hydrogens is 474 g/mol. The average Bonchev–Trinajstić information content (AvgIpc) is 2.88. The molecule has 4 rings (SSSR count). The lowest BCUT2D eigenvalue weighted by molar-refractivity contribution is -0.130. The van der Waals surface area contributed by atoms with E-state index < -0.39 is 18.2 Å². The van der Waals surface area contributed by atoms with Gasteiger partial charge in [0.25, 0.3) is 0 Å². The topological polar surface area (TPSA) is 81.7 Å². The first-order chi connectivity index (χ1) is 18.2. The zero-order valence-corrected chi connectivity index (χ0v) is 22.6. The molecule has 0 saturated carbocycles. The van der Waals surface area contributed by atoms with Crippen LogP contribution in [-0.2, 0) is 35.4 Å². The maximum absolute atomic E-state index is 13.4. The molecule has 2 amide bonds. The summed E-state index contributed by atoms with van der Waals surface area (Å²) < 4.78 is 0. The number of rotatable bonds is 9. The summed E-state index contributed by atoms with van der Waals surface area (Å²) in [6.07, 6.45) is 0.442. The minimum atomic E-state index is -0.870. The van der Waals surface area contributed by atoms with Gasteiger partial charge in [0.05, 0.1) is 24.6 Å². The minimum absolute atomic E-state index is 0.0491. The summed E-state index contributed by atoms with van der Waals surface area (Å²) in [5.74, 6) is -0.186. The molecule has 200 valence electrons. The van der Waals surface area contributed by atoms with Crippen molar-refractivity contribution in [1.82, 2.24) is 15.5 Å². The van der Waals surface area contributed by atoms with Gasteiger partial charge in [-0.3, -0.25) is 14.5 Å². The van der Waals surface area contributed by atoms with Crippen LogP contribution in [0.3, 0.4) is 0 Å². The van der Waals surface area contributed by atoms with Crippen molar-refractivity contribution in [2.75, 3.05) is 6.54 Å². The van der Waals surface area contributed by atoms with E-state index >= 15 is 0 Å². The Morgan fingerprint density at radius 2 is 1.47 bits per heavy atom. The standard InChI is InChI=1S/C32H39N3O3/c1-32(2,3)34-31(38)28-20-25-16-10-11-17-26(25)21-35(28)22-29(36)27(18-23-12-6-4-7-13-23)33-30(37)19-24-14-8-5-9-15-24/h4-17,27-29,36H,18-22H2,1-3H3,(H,33,37)(H,34,38)/t27-,28?,29+/m0/s1. The number of carbonyl (C=O) groups excluding carboxylic acids is 2. The second kappa shape index (κ2) is 12.4. The maximum Gasteiger partial charge on any atom is 0.238 e. The molecule has 0 saturated heterocycles. The van der Waals surface area contributed by atoms with Crippen LogP contribution < -0.4 is 10.6 Å². The van der Waals surface area contributed by atoms with Crippen molar-refractivity contribution in [3.8, 4) is 0 Å². The lowest BCUT2D eigenvalue weighted by atomic mass is 9.91. The number of hydrogen-bond donors (Lipinski definition) is 3. The Hall–Kier alpha value is -3.48. The lowest BCUT2D eigenvalue weighted by Gasteiger charge is -2.39. The lowest BCUT2D eigenvalue weighted by Crippen LogP contribution is -2.58. The summed E-state index contributed by atoms with van der Waals surface area (Å²) in [6, 6.07) is 26.7. The van der Waals surface area contributed by atoms with Crippen molar-refractivity contribution in [3.63, 3.8) is 0 Å². The number of amides is 2. The van der Waals surface area contributed by atoms with Crippen molar-refractivity contribution in [1.29, 1.82) is 0 Å². The summed E-state index contributed by atoms with van der Waals surface area (Å²) in [6.45, 7) is 6.74. The van der Waals surface area contributed by atoms with Gasteiger partial charge in [-0.15, -0.1) is 0 Å². The Morgan fingerprint density at radius 1 is 0.895 bits per heavy atom. The Morgan fingerprint density at radius 3 is 2.11 bits per heavy atom. The molecule has 1 aliphatic rings. The molecule has 0 bridgehead atoms. The number of aliphatic hydroxyl groups excluding tert-OH is 1. The molecule has 0 aromatic heterocycles. The number of nitrogens with one attached hydrogen (secondary N) is 2. The van der Waals surface area contributed by atoms with Gasteiger partial charge in [0.2, 0.25) is 11.8 Å². The number of β-amino-alcohol motifs (C(OH)–C–C–N with tert-alkyl or cyclic N) is 1. The van der Waals surface area contributed by atoms with Gasteiger partial charge in [-0.1, -0.05) is 84.9 Å². The Kier molecular flexibility index (Phi) is 8.97. The predicted molar refractivity (Wildman–Crippen MR) is 150 cm³/mol. The van der Waals surface area contributed by atoms with Gasteiger partial charge in [0.1, 0.15) is 0 Å². The molecule has 3 N–H and O–H groups in total. The first-order valence-corrected chi connectivity index (χ1v) is 13.4. The van der Waals surface area contributed by atoms with Crippen LogP contribution in [-0.4, -0.2) is 52.1 Å². The highest BCUT2D eigenvalue weighted by molar-refractivity contribution is 5.83. The van der Waals surface area contributed by atoms with Gasteiger partial charge in [-0.2, -0.15) is 0 Å². The van der Waals surface area contributed by atoms with Crippen LogP contribution in [0.5, 0.6) is 0 Å². The fourth-order valence-corrected chi connectivity index (χ4v) is 5.04. The van der Waals surface area contributed by atoms with E-state index in [1.54, 1.807) is 0 Å². The molecule has 0 fully saturated rings. The van der Waals surface area contributed by atoms with Crippen molar-refractivity contribution in [2.45, 2.75) is 70.3 Å². The first-order valence-electron chi connectivity index (χ1n) is 13.4. The second-order valence-corrected chi connectivity index (χ2v) is 11.3. The highest BCUT2D eigenvalue weighted by Crippen LogP contribution is 2.25. The summed E-state index contributed by atoms with van der Waals surface area (Å²) >= 11 is 0. The zero-order valence-electron chi connectivity index (χ0n) is 22.6. The van der Waals surface area contributed by atoms with Gasteiger partial charge in [0, 0.05) is 18.6 Å². The second-order valence-electron chi connectivity index (χ2n) is 11.3. The molecule has 3 aromatic carbocycles. The van der Waals surface area contributed by atoms with E-state index in [0.717, 1.165) is 22.3 Å². The van der Waals surface area contributed by atoms with E-state index in [4.69, 9.17) is 0 Å². The van der Waals surface area contributed by atoms with E-state index in [9.17, 15) is 14.7 Å². The highest BCUT2D eigenvalue weighted by atomic mass is 16.3. The number of aliphatic hydroxyl groups is 1. The largest absolute Gasteiger partial charge is 0.390 e. The average molecular weight is 514 g/mol. The Labute approximate surface area is 226 Å². The monoisotopic (exact) mass is 513 g/mol. The highest BCUT2D eigenvalue weighted by Gasteiger charge is 2.35. The minimum Gasteiger partial charge on any atom is -0.390 e. The van der Waals surface area contributed by atoms with Crippen molar-refractivity contribution in [3.05, 3.63) is 107 Å². The van der Waals surface area contributed by atoms with Gasteiger partial charge in [-0.05, 0) is 55.9 Å². The number of nitrogens with zero attached hydrogens (tertiary/aromatic N) is 1. The van der Waals surface area contributed by atoms with Gasteiger partial charge in [-0.25, -0.2) is 0 Å². The Balaban J connectivity index is 1.53. The first kappa shape index (κ1) is 27.6. The molecule has 3 atom stereocenters. The number of benzene rings is 3. The quantitative estimate of drug-likeness (QED) is 0.408. The smallest absolute Gasteiger partial charge is 0.238 e. The summed E-state index contributed by atoms with van der Waals surface area (Å²) in [7, 11) is 0. The van der Waals surface area contributed by atoms with Gasteiger partial charge >= 0.3 is 0 Å². The zero-order chi connectivity index (χ0) is 27.1. The number of hydrogen-bond acceptors (Lipinski definition) is 4. The summed E-state index contributed by atoms with van der Waals surface area (Å²) in [4.78, 5) is 28.4. The van der Waals surface area contributed by atoms with Crippen LogP contribution in [0.4, 0.5) is 0 Å². The third-order valence-electron chi connectivity index (χ3n) is 6.89. The summed E-state index contributed by atoms with van der Waals surface area (Å²) in [5.41, 5.74) is 3.91. The van der Waals surface area contributed by atoms with Crippen LogP contribution >= 0.6 is 0 Å². The molecule has 6 heteroatoms. The molecule has 1 heterocycles. The fourth-order valence-electron chi connectivity index (χ4n) is 5.04. The molecule has 38 heavy (non-hydrogen) atoms. The Bertz CT molecular complexity index is 1210. The van der Waals surface area contributed by atoms with Crippen LogP contribution in [0, 0.1) is 0 Å². The van der Waals surface area contributed by atoms with E-state index in [1.807, 2.05) is 93.6 Å². The molecule has 0 radical (unpaired) electrons. The molecule has 3 aromatic rings. The molecular formula is C32H39N3O3. The molecule has 0 spiro atoms. The SMILES string of the molecule is CC(C)(C)NC(=O)C1Cc2ccccc2CN1C[C@@H](O)[C@H](Cc1ccccc1)NC(=O)Cc1ccccc1. The molecule has 1 aliphatic heterocycles. The van der Waals surface area contributed by atoms with Crippen molar-refractivity contribution >= 4 is 11.8 Å². The van der Waals surface area contributed by atoms with Crippen LogP contribution in [0.25, 0.3) is 0 Å². The van der Waals surface area contributed by atoms with Crippen LogP contribution in [0.2, 0.25) is 0 Å². The van der Waals surface area contributed by atoms with Gasteiger partial charge in [0.15, 0.2) is 0 Å². The predicted octanol–water partition coefficient (Wildman–Crippen LogP) is 3.66. The van der Waals surface area contributed by atoms with Crippen LogP contribution in [0.1, 0.15) is 43.0 Å². The number of fused-ring (bicyclic) bond motifs is 1. The molecule has 0 aliphatic carbocycles. The van der Waals surface area contributed by atoms with Crippen molar-refractivity contribution < 1.29 is 14.7 Å². The van der Waals surface area contributed by atoms with E-state index in [0.29, 0.717) is 19.4 Å². The van der Waals surface area contributed by atoms with E-state index in [-0.39, 0.29) is 30.3 Å². The molecule has 1 unspecified atom stereocenters. The van der Waals surface area contributed by atoms with Gasteiger partial charge < -0.3 is 15.7 Å². The fraction of sp³-hybridized carbons (Fsp3) is 0.375. The third-order valence-corrected chi connectivity index (χ3v) is 6.89. The van der Waals surface area contributed by atoms with E-state index in [1.165, 1.54) is 0 Å².